The number of thiazole rings is 1. The second-order valence-electron chi connectivity index (χ2n) is 9.12. The van der Waals surface area contributed by atoms with Crippen molar-refractivity contribution in [1.82, 2.24) is 4.98 Å². The Morgan fingerprint density at radius 2 is 1.76 bits per heavy atom. The molecule has 0 saturated carbocycles. The number of aliphatic hydroxyl groups excluding tert-OH is 1. The predicted octanol–water partition coefficient (Wildman–Crippen LogP) is 6.41. The standard InChI is InChI=1S/C30H26N2O4S/c1-5-14-36-21-11-9-20(10-12-21)26-25(27(33)22-15-17(2)6-8-19(22)4)28(34)29(35)32(26)30-31-23-13-7-18(3)16-24(23)37-30/h5-13,15-16,26,33H,1,14H2,2-4H3. The first-order valence-electron chi connectivity index (χ1n) is 11.9. The van der Waals surface area contributed by atoms with Crippen molar-refractivity contribution in [3.63, 3.8) is 0 Å². The number of amides is 1. The highest BCUT2D eigenvalue weighted by molar-refractivity contribution is 7.22. The lowest BCUT2D eigenvalue weighted by Crippen LogP contribution is -2.29. The van der Waals surface area contributed by atoms with Gasteiger partial charge in [0, 0.05) is 5.56 Å². The SMILES string of the molecule is C=CCOc1ccc(C2C(=C(O)c3cc(C)ccc3C)C(=O)C(=O)N2c2nc3ccc(C)cc3s2)cc1. The number of carbonyl (C=O) groups is 2. The second-order valence-corrected chi connectivity index (χ2v) is 10.1. The van der Waals surface area contributed by atoms with Gasteiger partial charge in [-0.3, -0.25) is 14.5 Å². The Labute approximate surface area is 219 Å². The number of anilines is 1. The molecule has 0 radical (unpaired) electrons. The van der Waals surface area contributed by atoms with Gasteiger partial charge in [0.15, 0.2) is 5.13 Å². The predicted molar refractivity (Wildman–Crippen MR) is 147 cm³/mol. The normalized spacial score (nSPS) is 16.9. The van der Waals surface area contributed by atoms with E-state index in [0.717, 1.165) is 26.9 Å². The van der Waals surface area contributed by atoms with Gasteiger partial charge in [-0.25, -0.2) is 4.98 Å². The van der Waals surface area contributed by atoms with Crippen molar-refractivity contribution in [2.24, 2.45) is 0 Å². The number of carbonyl (C=O) groups excluding carboxylic acids is 2. The molecule has 1 aromatic heterocycles. The van der Waals surface area contributed by atoms with Crippen LogP contribution in [-0.2, 0) is 9.59 Å². The van der Waals surface area contributed by atoms with Crippen LogP contribution in [0, 0.1) is 20.8 Å². The molecule has 3 aromatic carbocycles. The molecule has 1 saturated heterocycles. The summed E-state index contributed by atoms with van der Waals surface area (Å²) < 4.78 is 6.53. The smallest absolute Gasteiger partial charge is 0.301 e. The topological polar surface area (TPSA) is 79.7 Å². The largest absolute Gasteiger partial charge is 0.507 e. The lowest BCUT2D eigenvalue weighted by atomic mass is 9.93. The number of benzene rings is 3. The fraction of sp³-hybridized carbons (Fsp3) is 0.167. The van der Waals surface area contributed by atoms with E-state index in [1.807, 2.05) is 57.2 Å². The molecule has 1 amide bonds. The zero-order chi connectivity index (χ0) is 26.3. The van der Waals surface area contributed by atoms with Crippen molar-refractivity contribution in [3.8, 4) is 5.75 Å². The summed E-state index contributed by atoms with van der Waals surface area (Å²) in [5.74, 6) is -1.04. The van der Waals surface area contributed by atoms with Crippen LogP contribution in [0.25, 0.3) is 16.0 Å². The zero-order valence-corrected chi connectivity index (χ0v) is 21.6. The van der Waals surface area contributed by atoms with Gasteiger partial charge in [0.25, 0.3) is 5.78 Å². The first-order valence-corrected chi connectivity index (χ1v) is 12.7. The number of hydrogen-bond acceptors (Lipinski definition) is 6. The van der Waals surface area contributed by atoms with E-state index in [9.17, 15) is 14.7 Å². The number of rotatable bonds is 6. The molecular weight excluding hydrogens is 484 g/mol. The van der Waals surface area contributed by atoms with E-state index in [-0.39, 0.29) is 11.3 Å². The van der Waals surface area contributed by atoms with Crippen LogP contribution < -0.4 is 9.64 Å². The number of fused-ring (bicyclic) bond motifs is 1. The molecule has 1 N–H and O–H groups in total. The van der Waals surface area contributed by atoms with Crippen LogP contribution in [0.4, 0.5) is 5.13 Å². The van der Waals surface area contributed by atoms with E-state index in [0.29, 0.717) is 28.6 Å². The van der Waals surface area contributed by atoms with E-state index in [2.05, 4.69) is 11.6 Å². The number of Topliss-reactive ketones (excluding diaryl/α,β-unsaturated/α-hetero) is 1. The van der Waals surface area contributed by atoms with Crippen LogP contribution in [0.1, 0.15) is 33.9 Å². The van der Waals surface area contributed by atoms with E-state index < -0.39 is 17.7 Å². The molecule has 37 heavy (non-hydrogen) atoms. The highest BCUT2D eigenvalue weighted by Gasteiger charge is 2.48. The molecule has 5 rings (SSSR count). The van der Waals surface area contributed by atoms with Gasteiger partial charge in [0.2, 0.25) is 0 Å². The van der Waals surface area contributed by atoms with Crippen LogP contribution in [0.15, 0.2) is 78.9 Å². The molecule has 6 nitrogen and oxygen atoms in total. The lowest BCUT2D eigenvalue weighted by Gasteiger charge is -2.23. The maximum atomic E-state index is 13.5. The summed E-state index contributed by atoms with van der Waals surface area (Å²) in [5, 5.41) is 11.9. The first kappa shape index (κ1) is 24.5. The minimum atomic E-state index is -0.852. The molecule has 0 bridgehead atoms. The highest BCUT2D eigenvalue weighted by Crippen LogP contribution is 2.45. The Morgan fingerprint density at radius 1 is 1.05 bits per heavy atom. The van der Waals surface area contributed by atoms with Gasteiger partial charge in [-0.05, 0) is 67.8 Å². The average Bonchev–Trinajstić information content (AvgIpc) is 3.41. The van der Waals surface area contributed by atoms with Gasteiger partial charge in [-0.15, -0.1) is 0 Å². The number of ketones is 1. The molecule has 4 aromatic rings. The van der Waals surface area contributed by atoms with Gasteiger partial charge < -0.3 is 9.84 Å². The molecule has 0 aliphatic carbocycles. The zero-order valence-electron chi connectivity index (χ0n) is 20.8. The fourth-order valence-corrected chi connectivity index (χ4v) is 5.60. The summed E-state index contributed by atoms with van der Waals surface area (Å²) in [4.78, 5) is 33.1. The fourth-order valence-electron chi connectivity index (χ4n) is 4.51. The Bertz CT molecular complexity index is 1580. The lowest BCUT2D eigenvalue weighted by molar-refractivity contribution is -0.132. The molecule has 186 valence electrons. The molecule has 2 heterocycles. The van der Waals surface area contributed by atoms with Gasteiger partial charge in [-0.2, -0.15) is 0 Å². The van der Waals surface area contributed by atoms with Crippen molar-refractivity contribution in [1.29, 1.82) is 0 Å². The van der Waals surface area contributed by atoms with E-state index in [1.165, 1.54) is 16.2 Å². The quantitative estimate of drug-likeness (QED) is 0.140. The summed E-state index contributed by atoms with van der Waals surface area (Å²) in [6, 6.07) is 17.8. The van der Waals surface area contributed by atoms with Crippen molar-refractivity contribution < 1.29 is 19.4 Å². The minimum absolute atomic E-state index is 0.0360. The molecular formula is C30H26N2O4S. The Balaban J connectivity index is 1.71. The van der Waals surface area contributed by atoms with Crippen LogP contribution in [0.3, 0.4) is 0 Å². The molecule has 1 aliphatic rings. The number of nitrogens with zero attached hydrogens (tertiary/aromatic N) is 2. The first-order chi connectivity index (χ1) is 17.8. The van der Waals surface area contributed by atoms with Crippen molar-refractivity contribution in [2.45, 2.75) is 26.8 Å². The summed E-state index contributed by atoms with van der Waals surface area (Å²) in [6.07, 6.45) is 1.65. The summed E-state index contributed by atoms with van der Waals surface area (Å²) >= 11 is 1.34. The molecule has 1 atom stereocenters. The van der Waals surface area contributed by atoms with E-state index in [4.69, 9.17) is 4.74 Å². The third kappa shape index (κ3) is 4.42. The van der Waals surface area contributed by atoms with E-state index in [1.54, 1.807) is 30.3 Å². The summed E-state index contributed by atoms with van der Waals surface area (Å²) in [6.45, 7) is 9.79. The van der Waals surface area contributed by atoms with E-state index >= 15 is 0 Å². The second kappa shape index (κ2) is 9.67. The van der Waals surface area contributed by atoms with Gasteiger partial charge in [0.1, 0.15) is 18.1 Å². The van der Waals surface area contributed by atoms with Gasteiger partial charge in [0.05, 0.1) is 21.8 Å². The summed E-state index contributed by atoms with van der Waals surface area (Å²) in [5.41, 5.74) is 4.77. The van der Waals surface area contributed by atoms with Gasteiger partial charge in [-0.1, -0.05) is 59.9 Å². The minimum Gasteiger partial charge on any atom is -0.507 e. The molecule has 0 spiro atoms. The molecule has 7 heteroatoms. The Hall–Kier alpha value is -4.23. The maximum absolute atomic E-state index is 13.5. The highest BCUT2D eigenvalue weighted by atomic mass is 32.1. The van der Waals surface area contributed by atoms with Crippen LogP contribution in [-0.4, -0.2) is 28.4 Å². The van der Waals surface area contributed by atoms with Gasteiger partial charge >= 0.3 is 5.91 Å². The third-order valence-electron chi connectivity index (χ3n) is 6.40. The van der Waals surface area contributed by atoms with Crippen molar-refractivity contribution in [2.75, 3.05) is 11.5 Å². The Kier molecular flexibility index (Phi) is 6.39. The number of aliphatic hydroxyl groups is 1. The monoisotopic (exact) mass is 510 g/mol. The van der Waals surface area contributed by atoms with Crippen LogP contribution in [0.2, 0.25) is 0 Å². The number of aryl methyl sites for hydroxylation is 3. The number of ether oxygens (including phenoxy) is 1. The van der Waals surface area contributed by atoms with Crippen molar-refractivity contribution in [3.05, 3.63) is 107 Å². The maximum Gasteiger partial charge on any atom is 0.301 e. The number of aromatic nitrogens is 1. The van der Waals surface area contributed by atoms with Crippen LogP contribution >= 0.6 is 11.3 Å². The van der Waals surface area contributed by atoms with Crippen molar-refractivity contribution >= 4 is 44.1 Å². The molecule has 1 aliphatic heterocycles. The van der Waals surface area contributed by atoms with Crippen LogP contribution in [0.5, 0.6) is 5.75 Å². The molecule has 1 unspecified atom stereocenters. The average molecular weight is 511 g/mol. The number of hydrogen-bond donors (Lipinski definition) is 1. The Morgan fingerprint density at radius 3 is 2.49 bits per heavy atom. The third-order valence-corrected chi connectivity index (χ3v) is 7.41. The summed E-state index contributed by atoms with van der Waals surface area (Å²) in [7, 11) is 0. The molecule has 1 fully saturated rings.